The maximum Gasteiger partial charge on any atom is 0.333 e. The molecule has 4 heteroatoms. The number of benzene rings is 2. The summed E-state index contributed by atoms with van der Waals surface area (Å²) in [5.41, 5.74) is 1.66. The van der Waals surface area contributed by atoms with Gasteiger partial charge in [-0.1, -0.05) is 72.3 Å². The lowest BCUT2D eigenvalue weighted by Crippen LogP contribution is -2.42. The fourth-order valence-corrected chi connectivity index (χ4v) is 5.16. The Kier molecular flexibility index (Phi) is 5.80. The quantitative estimate of drug-likeness (QED) is 0.453. The zero-order valence-corrected chi connectivity index (χ0v) is 15.4. The molecule has 2 aromatic carbocycles. The zero-order chi connectivity index (χ0) is 16.9. The highest BCUT2D eigenvalue weighted by Gasteiger charge is 2.27. The Morgan fingerprint density at radius 2 is 1.70 bits per heavy atom. The van der Waals surface area contributed by atoms with E-state index in [1.807, 2.05) is 48.5 Å². The molecular weight excluding hydrogens is 324 g/mol. The molecule has 0 saturated carbocycles. The molecule has 2 rings (SSSR count). The third-order valence-corrected chi connectivity index (χ3v) is 7.26. The number of esters is 1. The van der Waals surface area contributed by atoms with E-state index >= 15 is 0 Å². The Morgan fingerprint density at radius 3 is 2.26 bits per heavy atom. The Labute approximate surface area is 143 Å². The van der Waals surface area contributed by atoms with Crippen molar-refractivity contribution in [3.8, 4) is 0 Å². The van der Waals surface area contributed by atoms with Crippen LogP contribution in [0.2, 0.25) is 24.2 Å². The second-order valence-corrected chi connectivity index (χ2v) is 11.3. The van der Waals surface area contributed by atoms with Gasteiger partial charge in [0.1, 0.15) is 0 Å². The van der Waals surface area contributed by atoms with E-state index in [4.69, 9.17) is 16.3 Å². The molecule has 23 heavy (non-hydrogen) atoms. The molecule has 0 fully saturated rings. The third kappa shape index (κ3) is 4.81. The molecule has 0 radical (unpaired) electrons. The number of ether oxygens (including phenoxy) is 1. The summed E-state index contributed by atoms with van der Waals surface area (Å²) in [5.74, 6) is -0.267. The van der Waals surface area contributed by atoms with Gasteiger partial charge < -0.3 is 4.74 Å². The molecule has 0 aliphatic rings. The lowest BCUT2D eigenvalue weighted by molar-refractivity contribution is -0.135. The summed E-state index contributed by atoms with van der Waals surface area (Å²) in [6.07, 6.45) is 1.90. The Bertz CT molecular complexity index is 691. The van der Waals surface area contributed by atoms with Crippen molar-refractivity contribution in [2.75, 3.05) is 7.11 Å². The average molecular weight is 345 g/mol. The van der Waals surface area contributed by atoms with Gasteiger partial charge >= 0.3 is 5.97 Å². The molecule has 0 aromatic heterocycles. The summed E-state index contributed by atoms with van der Waals surface area (Å²) in [6.45, 7) is 4.53. The molecule has 0 heterocycles. The SMILES string of the molecule is COC(=O)/C(=C\c1ccc(Cl)cc1)C[Si](C)(C)c1ccccc1. The number of rotatable bonds is 5. The molecule has 0 atom stereocenters. The van der Waals surface area contributed by atoms with Crippen LogP contribution >= 0.6 is 11.6 Å². The van der Waals surface area contributed by atoms with E-state index in [1.165, 1.54) is 12.3 Å². The molecule has 0 aliphatic heterocycles. The minimum absolute atomic E-state index is 0.267. The number of hydrogen-bond acceptors (Lipinski definition) is 2. The van der Waals surface area contributed by atoms with Crippen LogP contribution in [0.5, 0.6) is 0 Å². The third-order valence-electron chi connectivity index (χ3n) is 3.85. The van der Waals surface area contributed by atoms with Gasteiger partial charge in [-0.25, -0.2) is 4.79 Å². The highest BCUT2D eigenvalue weighted by Crippen LogP contribution is 2.21. The van der Waals surface area contributed by atoms with Crippen LogP contribution in [-0.2, 0) is 9.53 Å². The van der Waals surface area contributed by atoms with Gasteiger partial charge in [0.25, 0.3) is 0 Å². The second-order valence-electron chi connectivity index (χ2n) is 6.14. The lowest BCUT2D eigenvalue weighted by Gasteiger charge is -2.23. The maximum absolute atomic E-state index is 12.2. The summed E-state index contributed by atoms with van der Waals surface area (Å²) >= 11 is 5.92. The highest BCUT2D eigenvalue weighted by atomic mass is 35.5. The molecule has 120 valence electrons. The van der Waals surface area contributed by atoms with Crippen LogP contribution in [0.3, 0.4) is 0 Å². The molecule has 2 nitrogen and oxygen atoms in total. The van der Waals surface area contributed by atoms with Crippen molar-refractivity contribution < 1.29 is 9.53 Å². The van der Waals surface area contributed by atoms with Crippen LogP contribution in [0.15, 0.2) is 60.2 Å². The van der Waals surface area contributed by atoms with Crippen molar-refractivity contribution in [3.63, 3.8) is 0 Å². The van der Waals surface area contributed by atoms with Crippen molar-refractivity contribution >= 4 is 36.9 Å². The zero-order valence-electron chi connectivity index (χ0n) is 13.7. The molecule has 0 spiro atoms. The summed E-state index contributed by atoms with van der Waals surface area (Å²) < 4.78 is 4.98. The van der Waals surface area contributed by atoms with Crippen molar-refractivity contribution in [2.24, 2.45) is 0 Å². The van der Waals surface area contributed by atoms with Crippen molar-refractivity contribution in [1.82, 2.24) is 0 Å². The predicted molar refractivity (Wildman–Crippen MR) is 99.8 cm³/mol. The van der Waals surface area contributed by atoms with Crippen LogP contribution in [0, 0.1) is 0 Å². The summed E-state index contributed by atoms with van der Waals surface area (Å²) in [4.78, 5) is 12.2. The van der Waals surface area contributed by atoms with E-state index in [9.17, 15) is 4.79 Å². The molecular formula is C19H21ClO2Si. The normalized spacial score (nSPS) is 12.1. The summed E-state index contributed by atoms with van der Waals surface area (Å²) in [6, 6.07) is 18.6. The molecule has 0 unspecified atom stereocenters. The van der Waals surface area contributed by atoms with Crippen LogP contribution in [0.25, 0.3) is 6.08 Å². The van der Waals surface area contributed by atoms with Crippen LogP contribution in [-0.4, -0.2) is 21.2 Å². The smallest absolute Gasteiger partial charge is 0.333 e. The van der Waals surface area contributed by atoms with Gasteiger partial charge in [-0.2, -0.15) is 0 Å². The van der Waals surface area contributed by atoms with E-state index < -0.39 is 8.07 Å². The Balaban J connectivity index is 2.32. The minimum Gasteiger partial charge on any atom is -0.466 e. The number of methoxy groups -OCH3 is 1. The number of carbonyl (C=O) groups excluding carboxylic acids is 1. The van der Waals surface area contributed by atoms with E-state index in [2.05, 4.69) is 25.2 Å². The van der Waals surface area contributed by atoms with E-state index in [1.54, 1.807) is 0 Å². The van der Waals surface area contributed by atoms with Crippen molar-refractivity contribution in [1.29, 1.82) is 0 Å². The first-order chi connectivity index (χ1) is 10.9. The standard InChI is InChI=1S/C19H21ClO2Si/c1-22-19(21)16(13-15-9-11-17(20)12-10-15)14-23(2,3)18-7-5-4-6-8-18/h4-13H,14H2,1-3H3/b16-13-. The van der Waals surface area contributed by atoms with Gasteiger partial charge in [0, 0.05) is 10.6 Å². The fourth-order valence-electron chi connectivity index (χ4n) is 2.54. The highest BCUT2D eigenvalue weighted by molar-refractivity contribution is 6.90. The first-order valence-corrected chi connectivity index (χ1v) is 11.1. The number of carbonyl (C=O) groups is 1. The van der Waals surface area contributed by atoms with Gasteiger partial charge in [-0.3, -0.25) is 0 Å². The van der Waals surface area contributed by atoms with Gasteiger partial charge in [-0.05, 0) is 29.8 Å². The fraction of sp³-hybridized carbons (Fsp3) is 0.211. The maximum atomic E-state index is 12.2. The number of hydrogen-bond donors (Lipinski definition) is 0. The van der Waals surface area contributed by atoms with Crippen LogP contribution in [0.1, 0.15) is 5.56 Å². The van der Waals surface area contributed by atoms with Gasteiger partial charge in [0.15, 0.2) is 0 Å². The topological polar surface area (TPSA) is 26.3 Å². The summed E-state index contributed by atoms with van der Waals surface area (Å²) in [5, 5.41) is 2.01. The van der Waals surface area contributed by atoms with E-state index in [0.29, 0.717) is 10.6 Å². The molecule has 0 bridgehead atoms. The van der Waals surface area contributed by atoms with Gasteiger partial charge in [0.05, 0.1) is 15.2 Å². The van der Waals surface area contributed by atoms with E-state index in [0.717, 1.165) is 11.6 Å². The lowest BCUT2D eigenvalue weighted by atomic mass is 10.1. The van der Waals surface area contributed by atoms with Crippen LogP contribution in [0.4, 0.5) is 0 Å². The van der Waals surface area contributed by atoms with Crippen molar-refractivity contribution in [3.05, 3.63) is 70.8 Å². The van der Waals surface area contributed by atoms with Crippen LogP contribution < -0.4 is 5.19 Å². The average Bonchev–Trinajstić information content (AvgIpc) is 2.56. The molecule has 0 saturated heterocycles. The predicted octanol–water partition coefficient (Wildman–Crippen LogP) is 4.51. The largest absolute Gasteiger partial charge is 0.466 e. The monoisotopic (exact) mass is 344 g/mol. The summed E-state index contributed by atoms with van der Waals surface area (Å²) in [7, 11) is -0.356. The minimum atomic E-state index is -1.78. The van der Waals surface area contributed by atoms with E-state index in [-0.39, 0.29) is 5.97 Å². The first-order valence-electron chi connectivity index (χ1n) is 7.52. The molecule has 2 aromatic rings. The Morgan fingerprint density at radius 1 is 1.09 bits per heavy atom. The van der Waals surface area contributed by atoms with Gasteiger partial charge in [-0.15, -0.1) is 0 Å². The molecule has 0 N–H and O–H groups in total. The molecule has 0 amide bonds. The Hall–Kier alpha value is -1.84. The molecule has 0 aliphatic carbocycles. The number of halogens is 1. The second kappa shape index (κ2) is 7.62. The van der Waals surface area contributed by atoms with Crippen molar-refractivity contribution in [2.45, 2.75) is 19.1 Å². The first kappa shape index (κ1) is 17.5. The van der Waals surface area contributed by atoms with Gasteiger partial charge in [0.2, 0.25) is 0 Å².